The number of benzene rings is 3. The van der Waals surface area contributed by atoms with Gasteiger partial charge in [0.1, 0.15) is 0 Å². The predicted octanol–water partition coefficient (Wildman–Crippen LogP) is 6.69. The molecule has 31 heavy (non-hydrogen) atoms. The zero-order chi connectivity index (χ0) is 21.6. The third-order valence-corrected chi connectivity index (χ3v) is 5.79. The first kappa shape index (κ1) is 19.3. The smallest absolute Gasteiger partial charge is 0.263 e. The van der Waals surface area contributed by atoms with Crippen LogP contribution in [0.1, 0.15) is 47.8 Å². The summed E-state index contributed by atoms with van der Waals surface area (Å²) < 4.78 is 0. The van der Waals surface area contributed by atoms with Gasteiger partial charge in [-0.3, -0.25) is 14.7 Å². The first-order valence-electron chi connectivity index (χ1n) is 10.5. The third kappa shape index (κ3) is 3.32. The molecular formula is C28H24N2O. The number of amides is 1. The summed E-state index contributed by atoms with van der Waals surface area (Å²) in [5.74, 6) is -0.0178. The van der Waals surface area contributed by atoms with Gasteiger partial charge < -0.3 is 0 Å². The Morgan fingerprint density at radius 2 is 1.61 bits per heavy atom. The molecule has 0 bridgehead atoms. The van der Waals surface area contributed by atoms with Gasteiger partial charge in [0, 0.05) is 22.7 Å². The zero-order valence-corrected chi connectivity index (χ0v) is 18.0. The molecule has 5 rings (SSSR count). The largest absolute Gasteiger partial charge is 0.274 e. The SMILES string of the molecule is CC(C)(C)c1ccc2c(c1)/C(=C/c1ccccc1)N(c1cccc3cccnc13)C2=O. The molecule has 0 saturated heterocycles. The van der Waals surface area contributed by atoms with Gasteiger partial charge in [-0.1, -0.05) is 75.4 Å². The molecule has 1 amide bonds. The average Bonchev–Trinajstić information content (AvgIpc) is 3.04. The highest BCUT2D eigenvalue weighted by Crippen LogP contribution is 2.41. The lowest BCUT2D eigenvalue weighted by Crippen LogP contribution is -2.22. The molecule has 152 valence electrons. The van der Waals surface area contributed by atoms with Crippen LogP contribution in [-0.2, 0) is 5.41 Å². The lowest BCUT2D eigenvalue weighted by molar-refractivity contribution is 0.101. The normalized spacial score (nSPS) is 15.0. The summed E-state index contributed by atoms with van der Waals surface area (Å²) in [4.78, 5) is 20.1. The van der Waals surface area contributed by atoms with Gasteiger partial charge in [0.15, 0.2) is 0 Å². The maximum atomic E-state index is 13.7. The van der Waals surface area contributed by atoms with Gasteiger partial charge in [0.2, 0.25) is 0 Å². The standard InChI is InChI=1S/C28H24N2O/c1-28(2,3)21-14-15-22-23(18-21)25(17-19-9-5-4-6-10-19)30(27(22)31)24-13-7-11-20-12-8-16-29-26(20)24/h4-18H,1-3H3/b25-17-. The van der Waals surface area contributed by atoms with E-state index in [1.54, 1.807) is 6.20 Å². The van der Waals surface area contributed by atoms with Crippen molar-refractivity contribution in [2.75, 3.05) is 4.90 Å². The van der Waals surface area contributed by atoms with E-state index in [1.807, 2.05) is 59.5 Å². The summed E-state index contributed by atoms with van der Waals surface area (Å²) in [6, 6.07) is 26.3. The number of aromatic nitrogens is 1. The maximum Gasteiger partial charge on any atom is 0.263 e. The number of pyridine rings is 1. The minimum absolute atomic E-state index is 0.00957. The number of fused-ring (bicyclic) bond motifs is 2. The lowest BCUT2D eigenvalue weighted by atomic mass is 9.85. The Hall–Kier alpha value is -3.72. The van der Waals surface area contributed by atoms with Crippen molar-refractivity contribution in [2.45, 2.75) is 26.2 Å². The van der Waals surface area contributed by atoms with Crippen LogP contribution in [0.3, 0.4) is 0 Å². The Balaban J connectivity index is 1.77. The van der Waals surface area contributed by atoms with Gasteiger partial charge in [-0.2, -0.15) is 0 Å². The van der Waals surface area contributed by atoms with E-state index in [0.29, 0.717) is 0 Å². The number of nitrogens with zero attached hydrogens (tertiary/aromatic N) is 2. The third-order valence-electron chi connectivity index (χ3n) is 5.79. The summed E-state index contributed by atoms with van der Waals surface area (Å²) in [7, 11) is 0. The number of hydrogen-bond acceptors (Lipinski definition) is 2. The molecule has 3 heteroatoms. The molecule has 1 aromatic heterocycles. The van der Waals surface area contributed by atoms with Crippen LogP contribution in [0, 0.1) is 0 Å². The van der Waals surface area contributed by atoms with Crippen LogP contribution in [-0.4, -0.2) is 10.9 Å². The number of rotatable bonds is 2. The van der Waals surface area contributed by atoms with Crippen molar-refractivity contribution in [1.29, 1.82) is 0 Å². The van der Waals surface area contributed by atoms with E-state index in [2.05, 4.69) is 56.1 Å². The van der Waals surface area contributed by atoms with Gasteiger partial charge in [-0.25, -0.2) is 0 Å². The van der Waals surface area contributed by atoms with Crippen LogP contribution < -0.4 is 4.90 Å². The second-order valence-corrected chi connectivity index (χ2v) is 8.94. The molecule has 0 fully saturated rings. The lowest BCUT2D eigenvalue weighted by Gasteiger charge is -2.21. The van der Waals surface area contributed by atoms with Crippen LogP contribution in [0.4, 0.5) is 5.69 Å². The van der Waals surface area contributed by atoms with E-state index in [1.165, 1.54) is 5.56 Å². The van der Waals surface area contributed by atoms with Gasteiger partial charge in [0.05, 0.1) is 16.9 Å². The van der Waals surface area contributed by atoms with Crippen molar-refractivity contribution < 1.29 is 4.79 Å². The monoisotopic (exact) mass is 404 g/mol. The molecule has 4 aromatic rings. The molecule has 3 aromatic carbocycles. The van der Waals surface area contributed by atoms with Gasteiger partial charge in [-0.05, 0) is 46.9 Å². The fourth-order valence-corrected chi connectivity index (χ4v) is 4.12. The second kappa shape index (κ2) is 7.21. The minimum atomic E-state index is -0.0178. The van der Waals surface area contributed by atoms with Gasteiger partial charge in [-0.15, -0.1) is 0 Å². The molecule has 1 aliphatic heterocycles. The van der Waals surface area contributed by atoms with E-state index in [4.69, 9.17) is 0 Å². The minimum Gasteiger partial charge on any atom is -0.274 e. The molecule has 0 aliphatic carbocycles. The molecular weight excluding hydrogens is 380 g/mol. The number of carbonyl (C=O) groups is 1. The summed E-state index contributed by atoms with van der Waals surface area (Å²) >= 11 is 0. The van der Waals surface area contributed by atoms with Crippen molar-refractivity contribution in [1.82, 2.24) is 4.98 Å². The highest BCUT2D eigenvalue weighted by atomic mass is 16.2. The van der Waals surface area contributed by atoms with Crippen molar-refractivity contribution in [3.05, 3.63) is 107 Å². The first-order valence-corrected chi connectivity index (χ1v) is 10.5. The van der Waals surface area contributed by atoms with Crippen molar-refractivity contribution in [3.8, 4) is 0 Å². The van der Waals surface area contributed by atoms with E-state index in [-0.39, 0.29) is 11.3 Å². The quantitative estimate of drug-likeness (QED) is 0.373. The molecule has 0 radical (unpaired) electrons. The Morgan fingerprint density at radius 3 is 2.39 bits per heavy atom. The maximum absolute atomic E-state index is 13.7. The fourth-order valence-electron chi connectivity index (χ4n) is 4.12. The Bertz CT molecular complexity index is 1320. The van der Waals surface area contributed by atoms with Crippen LogP contribution in [0.25, 0.3) is 22.7 Å². The van der Waals surface area contributed by atoms with E-state index in [0.717, 1.165) is 39.0 Å². The van der Waals surface area contributed by atoms with E-state index < -0.39 is 0 Å². The topological polar surface area (TPSA) is 33.2 Å². The Labute approximate surface area is 182 Å². The molecule has 3 nitrogen and oxygen atoms in total. The Kier molecular flexibility index (Phi) is 4.48. The number of hydrogen-bond donors (Lipinski definition) is 0. The molecule has 0 unspecified atom stereocenters. The van der Waals surface area contributed by atoms with Gasteiger partial charge in [0.25, 0.3) is 5.91 Å². The second-order valence-electron chi connectivity index (χ2n) is 8.94. The summed E-state index contributed by atoms with van der Waals surface area (Å²) in [6.07, 6.45) is 3.87. The van der Waals surface area contributed by atoms with E-state index >= 15 is 0 Å². The predicted molar refractivity (Wildman–Crippen MR) is 128 cm³/mol. The van der Waals surface area contributed by atoms with Crippen LogP contribution in [0.15, 0.2) is 85.1 Å². The highest BCUT2D eigenvalue weighted by molar-refractivity contribution is 6.26. The number of carbonyl (C=O) groups excluding carboxylic acids is 1. The molecule has 0 atom stereocenters. The van der Waals surface area contributed by atoms with Crippen molar-refractivity contribution >= 4 is 34.3 Å². The van der Waals surface area contributed by atoms with Crippen LogP contribution >= 0.6 is 0 Å². The van der Waals surface area contributed by atoms with Crippen LogP contribution in [0.2, 0.25) is 0 Å². The number of anilines is 1. The van der Waals surface area contributed by atoms with Gasteiger partial charge >= 0.3 is 0 Å². The molecule has 1 aliphatic rings. The summed E-state index contributed by atoms with van der Waals surface area (Å²) in [5, 5.41) is 1.01. The molecule has 0 saturated carbocycles. The fraction of sp³-hybridized carbons (Fsp3) is 0.143. The van der Waals surface area contributed by atoms with Crippen LogP contribution in [0.5, 0.6) is 0 Å². The highest BCUT2D eigenvalue weighted by Gasteiger charge is 2.35. The molecule has 2 heterocycles. The molecule has 0 spiro atoms. The average molecular weight is 405 g/mol. The zero-order valence-electron chi connectivity index (χ0n) is 18.0. The summed E-state index contributed by atoms with van der Waals surface area (Å²) in [5.41, 5.74) is 6.45. The number of para-hydroxylation sites is 1. The van der Waals surface area contributed by atoms with Crippen molar-refractivity contribution in [2.24, 2.45) is 0 Å². The molecule has 0 N–H and O–H groups in total. The summed E-state index contributed by atoms with van der Waals surface area (Å²) in [6.45, 7) is 6.58. The van der Waals surface area contributed by atoms with Crippen molar-refractivity contribution in [3.63, 3.8) is 0 Å². The van der Waals surface area contributed by atoms with E-state index in [9.17, 15) is 4.79 Å². The first-order chi connectivity index (χ1) is 14.9. The Morgan fingerprint density at radius 1 is 0.839 bits per heavy atom.